The summed E-state index contributed by atoms with van der Waals surface area (Å²) in [5.41, 5.74) is 3.14. The maximum Gasteiger partial charge on any atom is 0.240 e. The van der Waals surface area contributed by atoms with Crippen LogP contribution in [0.5, 0.6) is 0 Å². The van der Waals surface area contributed by atoms with Gasteiger partial charge < -0.3 is 9.47 Å². The zero-order valence-corrected chi connectivity index (χ0v) is 16.2. The van der Waals surface area contributed by atoms with Crippen LogP contribution in [0.4, 0.5) is 0 Å². The monoisotopic (exact) mass is 366 g/mol. The van der Waals surface area contributed by atoms with Gasteiger partial charge in [0.15, 0.2) is 11.0 Å². The number of benzene rings is 2. The van der Waals surface area contributed by atoms with E-state index in [1.807, 2.05) is 54.1 Å². The fourth-order valence-corrected chi connectivity index (χ4v) is 3.83. The van der Waals surface area contributed by atoms with Crippen molar-refractivity contribution in [1.82, 2.24) is 19.7 Å². The second-order valence-electron chi connectivity index (χ2n) is 6.38. The van der Waals surface area contributed by atoms with Crippen LogP contribution in [0.15, 0.2) is 59.8 Å². The highest BCUT2D eigenvalue weighted by Gasteiger charge is 2.26. The maximum absolute atomic E-state index is 12.7. The van der Waals surface area contributed by atoms with Gasteiger partial charge in [-0.2, -0.15) is 0 Å². The van der Waals surface area contributed by atoms with Crippen molar-refractivity contribution in [3.05, 3.63) is 65.7 Å². The summed E-state index contributed by atoms with van der Waals surface area (Å²) in [5.74, 6) is 0.821. The summed E-state index contributed by atoms with van der Waals surface area (Å²) in [6, 6.07) is 17.9. The fourth-order valence-electron chi connectivity index (χ4n) is 2.68. The average molecular weight is 366 g/mol. The molecular weight excluding hydrogens is 344 g/mol. The summed E-state index contributed by atoms with van der Waals surface area (Å²) < 4.78 is 1.94. The lowest BCUT2D eigenvalue weighted by molar-refractivity contribution is -0.128. The molecule has 0 fully saturated rings. The van der Waals surface area contributed by atoms with E-state index in [1.165, 1.54) is 17.3 Å². The number of amides is 1. The normalized spacial score (nSPS) is 12.0. The van der Waals surface area contributed by atoms with E-state index in [1.54, 1.807) is 19.0 Å². The number of likely N-dealkylation sites (N-methyl/N-ethyl adjacent to an activating group) is 1. The van der Waals surface area contributed by atoms with Crippen LogP contribution in [0.3, 0.4) is 0 Å². The van der Waals surface area contributed by atoms with Crippen LogP contribution in [-0.4, -0.2) is 39.7 Å². The molecule has 0 unspecified atom stereocenters. The summed E-state index contributed by atoms with van der Waals surface area (Å²) in [4.78, 5) is 14.3. The van der Waals surface area contributed by atoms with E-state index in [0.717, 1.165) is 17.0 Å². The van der Waals surface area contributed by atoms with Crippen LogP contribution in [0.2, 0.25) is 0 Å². The van der Waals surface area contributed by atoms with Crippen LogP contribution in [0.1, 0.15) is 16.4 Å². The standard InChI is InChI=1S/C20H22N4OS/c1-14-9-8-12-16(13-14)18-21-22-20(24(18)4)26-17(19(25)23(2)3)15-10-6-5-7-11-15/h5-13,17H,1-4H3/t17-/m1/s1. The topological polar surface area (TPSA) is 51.0 Å². The van der Waals surface area contributed by atoms with Crippen LogP contribution in [0.25, 0.3) is 11.4 Å². The molecule has 0 aliphatic carbocycles. The third-order valence-corrected chi connectivity index (χ3v) is 5.38. The molecule has 0 radical (unpaired) electrons. The first-order valence-corrected chi connectivity index (χ1v) is 9.24. The molecule has 2 aromatic carbocycles. The molecular formula is C20H22N4OS. The van der Waals surface area contributed by atoms with Gasteiger partial charge in [-0.3, -0.25) is 4.79 Å². The van der Waals surface area contributed by atoms with Gasteiger partial charge in [0.1, 0.15) is 5.25 Å². The molecule has 0 aliphatic heterocycles. The number of aromatic nitrogens is 3. The van der Waals surface area contributed by atoms with E-state index in [4.69, 9.17) is 0 Å². The lowest BCUT2D eigenvalue weighted by atomic mass is 10.1. The van der Waals surface area contributed by atoms with Gasteiger partial charge in [0, 0.05) is 26.7 Å². The molecule has 0 saturated carbocycles. The second kappa shape index (κ2) is 7.74. The Balaban J connectivity index is 1.94. The van der Waals surface area contributed by atoms with Crippen molar-refractivity contribution in [2.24, 2.45) is 7.05 Å². The van der Waals surface area contributed by atoms with E-state index in [0.29, 0.717) is 5.16 Å². The average Bonchev–Trinajstić information content (AvgIpc) is 3.00. The highest BCUT2D eigenvalue weighted by molar-refractivity contribution is 8.00. The zero-order valence-electron chi connectivity index (χ0n) is 15.4. The Hall–Kier alpha value is -2.60. The van der Waals surface area contributed by atoms with E-state index in [-0.39, 0.29) is 11.2 Å². The maximum atomic E-state index is 12.7. The van der Waals surface area contributed by atoms with Crippen molar-refractivity contribution in [2.45, 2.75) is 17.3 Å². The summed E-state index contributed by atoms with van der Waals surface area (Å²) in [7, 11) is 5.48. The molecule has 3 rings (SSSR count). The van der Waals surface area contributed by atoms with Crippen molar-refractivity contribution in [1.29, 1.82) is 0 Å². The first-order valence-electron chi connectivity index (χ1n) is 8.36. The highest BCUT2D eigenvalue weighted by Crippen LogP contribution is 2.36. The Morgan fingerprint density at radius 2 is 1.81 bits per heavy atom. The van der Waals surface area contributed by atoms with Gasteiger partial charge in [-0.15, -0.1) is 10.2 Å². The molecule has 134 valence electrons. The highest BCUT2D eigenvalue weighted by atomic mass is 32.2. The molecule has 1 atom stereocenters. The number of carbonyl (C=O) groups excluding carboxylic acids is 1. The molecule has 0 N–H and O–H groups in total. The van der Waals surface area contributed by atoms with Gasteiger partial charge in [0.2, 0.25) is 5.91 Å². The quantitative estimate of drug-likeness (QED) is 0.646. The Labute approximate surface area is 158 Å². The smallest absolute Gasteiger partial charge is 0.240 e. The third-order valence-electron chi connectivity index (χ3n) is 4.10. The number of nitrogens with zero attached hydrogens (tertiary/aromatic N) is 4. The summed E-state index contributed by atoms with van der Waals surface area (Å²) >= 11 is 1.42. The second-order valence-corrected chi connectivity index (χ2v) is 7.45. The molecule has 0 saturated heterocycles. The SMILES string of the molecule is Cc1cccc(-c2nnc(S[C@@H](C(=O)N(C)C)c3ccccc3)n2C)c1. The largest absolute Gasteiger partial charge is 0.348 e. The third kappa shape index (κ3) is 3.80. The Bertz CT molecular complexity index is 905. The van der Waals surface area contributed by atoms with Crippen molar-refractivity contribution in [3.8, 4) is 11.4 Å². The van der Waals surface area contributed by atoms with E-state index < -0.39 is 0 Å². The minimum absolute atomic E-state index is 0.0290. The predicted molar refractivity (Wildman–Crippen MR) is 105 cm³/mol. The molecule has 1 heterocycles. The van der Waals surface area contributed by atoms with Gasteiger partial charge in [-0.05, 0) is 18.6 Å². The van der Waals surface area contributed by atoms with Crippen molar-refractivity contribution in [2.75, 3.05) is 14.1 Å². The summed E-state index contributed by atoms with van der Waals surface area (Å²) in [6.45, 7) is 2.05. The fraction of sp³-hybridized carbons (Fsp3) is 0.250. The number of thioether (sulfide) groups is 1. The number of hydrogen-bond acceptors (Lipinski definition) is 4. The van der Waals surface area contributed by atoms with Crippen LogP contribution in [-0.2, 0) is 11.8 Å². The molecule has 0 bridgehead atoms. The minimum atomic E-state index is -0.362. The molecule has 0 spiro atoms. The first-order chi connectivity index (χ1) is 12.5. The summed E-state index contributed by atoms with van der Waals surface area (Å²) in [5, 5.41) is 9.03. The number of rotatable bonds is 5. The summed E-state index contributed by atoms with van der Waals surface area (Å²) in [6.07, 6.45) is 0. The molecule has 0 aliphatic rings. The lowest BCUT2D eigenvalue weighted by Gasteiger charge is -2.20. The predicted octanol–water partition coefficient (Wildman–Crippen LogP) is 3.71. The van der Waals surface area contributed by atoms with Gasteiger partial charge in [0.25, 0.3) is 0 Å². The van der Waals surface area contributed by atoms with Gasteiger partial charge in [-0.25, -0.2) is 0 Å². The lowest BCUT2D eigenvalue weighted by Crippen LogP contribution is -2.26. The van der Waals surface area contributed by atoms with Crippen LogP contribution < -0.4 is 0 Å². The number of aryl methyl sites for hydroxylation is 1. The molecule has 5 nitrogen and oxygen atoms in total. The molecule has 1 aromatic heterocycles. The Morgan fingerprint density at radius 1 is 1.08 bits per heavy atom. The van der Waals surface area contributed by atoms with Gasteiger partial charge in [0.05, 0.1) is 0 Å². The number of carbonyl (C=O) groups is 1. The Morgan fingerprint density at radius 3 is 2.46 bits per heavy atom. The van der Waals surface area contributed by atoms with Crippen molar-refractivity contribution >= 4 is 17.7 Å². The van der Waals surface area contributed by atoms with Crippen molar-refractivity contribution < 1.29 is 4.79 Å². The molecule has 26 heavy (non-hydrogen) atoms. The van der Waals surface area contributed by atoms with Crippen LogP contribution >= 0.6 is 11.8 Å². The number of hydrogen-bond donors (Lipinski definition) is 0. The minimum Gasteiger partial charge on any atom is -0.348 e. The Kier molecular flexibility index (Phi) is 5.42. The van der Waals surface area contributed by atoms with E-state index in [2.05, 4.69) is 29.3 Å². The van der Waals surface area contributed by atoms with Gasteiger partial charge in [-0.1, -0.05) is 65.9 Å². The molecule has 6 heteroatoms. The molecule has 1 amide bonds. The van der Waals surface area contributed by atoms with Crippen molar-refractivity contribution in [3.63, 3.8) is 0 Å². The van der Waals surface area contributed by atoms with Crippen LogP contribution in [0, 0.1) is 6.92 Å². The zero-order chi connectivity index (χ0) is 18.7. The first kappa shape index (κ1) is 18.2. The van der Waals surface area contributed by atoms with E-state index >= 15 is 0 Å². The molecule has 3 aromatic rings. The van der Waals surface area contributed by atoms with E-state index in [9.17, 15) is 4.79 Å². The van der Waals surface area contributed by atoms with Gasteiger partial charge >= 0.3 is 0 Å².